The van der Waals surface area contributed by atoms with Gasteiger partial charge in [-0.2, -0.15) is 8.42 Å². The Morgan fingerprint density at radius 1 is 1.45 bits per heavy atom. The first-order valence-electron chi connectivity index (χ1n) is 3.76. The fraction of sp³-hybridized carbons (Fsp3) is 1.00. The second kappa shape index (κ2) is 2.75. The molecule has 11 heavy (non-hydrogen) atoms. The van der Waals surface area contributed by atoms with Gasteiger partial charge >= 0.3 is 0 Å². The Balaban J connectivity index is 2.33. The topological polar surface area (TPSA) is 43.4 Å². The number of hydrogen-bond acceptors (Lipinski definition) is 3. The fourth-order valence-corrected chi connectivity index (χ4v) is 1.67. The zero-order chi connectivity index (χ0) is 8.54. The molecule has 0 amide bonds. The summed E-state index contributed by atoms with van der Waals surface area (Å²) in [5.74, 6) is 0. The van der Waals surface area contributed by atoms with Gasteiger partial charge in [0.1, 0.15) is 0 Å². The third-order valence-electron chi connectivity index (χ3n) is 2.18. The highest BCUT2D eigenvalue weighted by atomic mass is 32.2. The Kier molecular flexibility index (Phi) is 2.25. The van der Waals surface area contributed by atoms with Gasteiger partial charge in [0, 0.05) is 0 Å². The van der Waals surface area contributed by atoms with Crippen LogP contribution in [0.4, 0.5) is 0 Å². The van der Waals surface area contributed by atoms with Gasteiger partial charge in [-0.1, -0.05) is 13.3 Å². The minimum Gasteiger partial charge on any atom is -0.270 e. The second-order valence-electron chi connectivity index (χ2n) is 3.63. The van der Waals surface area contributed by atoms with Crippen molar-refractivity contribution in [3.63, 3.8) is 0 Å². The Hall–Kier alpha value is -0.0900. The van der Waals surface area contributed by atoms with Crippen LogP contribution >= 0.6 is 0 Å². The molecular formula is C7H14O3S. The van der Waals surface area contributed by atoms with Crippen molar-refractivity contribution < 1.29 is 12.6 Å². The first-order valence-corrected chi connectivity index (χ1v) is 5.57. The highest BCUT2D eigenvalue weighted by Gasteiger charge is 2.32. The van der Waals surface area contributed by atoms with Gasteiger partial charge in [0.25, 0.3) is 10.1 Å². The normalized spacial score (nSPS) is 22.7. The summed E-state index contributed by atoms with van der Waals surface area (Å²) in [7, 11) is -3.23. The SMILES string of the molecule is CC1(COS(C)(=O)=O)CCC1. The van der Waals surface area contributed by atoms with Gasteiger partial charge in [-0.3, -0.25) is 4.18 Å². The molecule has 0 unspecified atom stereocenters. The highest BCUT2D eigenvalue weighted by molar-refractivity contribution is 7.85. The van der Waals surface area contributed by atoms with Crippen molar-refractivity contribution in [1.82, 2.24) is 0 Å². The standard InChI is InChI=1S/C7H14O3S/c1-7(4-3-5-7)6-10-11(2,8)9/h3-6H2,1-2H3. The molecule has 0 spiro atoms. The quantitative estimate of drug-likeness (QED) is 0.609. The van der Waals surface area contributed by atoms with E-state index in [0.29, 0.717) is 6.61 Å². The largest absolute Gasteiger partial charge is 0.270 e. The molecule has 0 atom stereocenters. The van der Waals surface area contributed by atoms with E-state index >= 15 is 0 Å². The van der Waals surface area contributed by atoms with E-state index in [-0.39, 0.29) is 5.41 Å². The Labute approximate surface area is 67.9 Å². The second-order valence-corrected chi connectivity index (χ2v) is 5.27. The Morgan fingerprint density at radius 2 is 2.00 bits per heavy atom. The lowest BCUT2D eigenvalue weighted by atomic mass is 9.71. The van der Waals surface area contributed by atoms with E-state index in [2.05, 4.69) is 6.92 Å². The predicted octanol–water partition coefficient (Wildman–Crippen LogP) is 1.15. The van der Waals surface area contributed by atoms with E-state index in [0.717, 1.165) is 19.1 Å². The van der Waals surface area contributed by atoms with Gasteiger partial charge < -0.3 is 0 Å². The van der Waals surface area contributed by atoms with Crippen LogP contribution in [-0.2, 0) is 14.3 Å². The van der Waals surface area contributed by atoms with Crippen LogP contribution < -0.4 is 0 Å². The van der Waals surface area contributed by atoms with Crippen LogP contribution in [0, 0.1) is 5.41 Å². The maximum atomic E-state index is 10.6. The molecule has 0 bridgehead atoms. The minimum absolute atomic E-state index is 0.128. The van der Waals surface area contributed by atoms with Gasteiger partial charge in [0.15, 0.2) is 0 Å². The molecule has 0 heterocycles. The van der Waals surface area contributed by atoms with E-state index in [1.165, 1.54) is 6.42 Å². The maximum Gasteiger partial charge on any atom is 0.264 e. The predicted molar refractivity (Wildman–Crippen MR) is 42.8 cm³/mol. The lowest BCUT2D eigenvalue weighted by Gasteiger charge is -2.37. The molecule has 0 radical (unpaired) electrons. The van der Waals surface area contributed by atoms with Crippen molar-refractivity contribution in [2.45, 2.75) is 26.2 Å². The minimum atomic E-state index is -3.23. The van der Waals surface area contributed by atoms with Crippen LogP contribution in [0.1, 0.15) is 26.2 Å². The molecule has 0 N–H and O–H groups in total. The lowest BCUT2D eigenvalue weighted by molar-refractivity contribution is 0.0818. The molecule has 1 fully saturated rings. The summed E-state index contributed by atoms with van der Waals surface area (Å²) in [5, 5.41) is 0. The molecule has 4 heteroatoms. The number of rotatable bonds is 3. The first kappa shape index (κ1) is 9.00. The van der Waals surface area contributed by atoms with Crippen LogP contribution in [0.3, 0.4) is 0 Å². The third-order valence-corrected chi connectivity index (χ3v) is 2.73. The van der Waals surface area contributed by atoms with Crippen molar-refractivity contribution in [2.24, 2.45) is 5.41 Å². The molecule has 1 aliphatic rings. The van der Waals surface area contributed by atoms with E-state index in [9.17, 15) is 8.42 Å². The van der Waals surface area contributed by atoms with Gasteiger partial charge in [0.2, 0.25) is 0 Å². The van der Waals surface area contributed by atoms with E-state index in [1.54, 1.807) is 0 Å². The van der Waals surface area contributed by atoms with Crippen molar-refractivity contribution in [1.29, 1.82) is 0 Å². The van der Waals surface area contributed by atoms with Gasteiger partial charge in [-0.05, 0) is 18.3 Å². The summed E-state index contributed by atoms with van der Waals surface area (Å²) >= 11 is 0. The molecule has 66 valence electrons. The van der Waals surface area contributed by atoms with E-state index in [1.807, 2.05) is 0 Å². The highest BCUT2D eigenvalue weighted by Crippen LogP contribution is 2.40. The molecule has 1 aliphatic carbocycles. The van der Waals surface area contributed by atoms with Crippen LogP contribution in [-0.4, -0.2) is 21.3 Å². The molecule has 0 aromatic rings. The van der Waals surface area contributed by atoms with Crippen LogP contribution in [0.2, 0.25) is 0 Å². The fourth-order valence-electron chi connectivity index (χ4n) is 1.17. The van der Waals surface area contributed by atoms with E-state index in [4.69, 9.17) is 4.18 Å². The van der Waals surface area contributed by atoms with Crippen LogP contribution in [0.15, 0.2) is 0 Å². The molecular weight excluding hydrogens is 164 g/mol. The van der Waals surface area contributed by atoms with Crippen LogP contribution in [0.5, 0.6) is 0 Å². The Morgan fingerprint density at radius 3 is 2.27 bits per heavy atom. The van der Waals surface area contributed by atoms with Gasteiger partial charge in [-0.25, -0.2) is 0 Å². The van der Waals surface area contributed by atoms with Crippen molar-refractivity contribution in [2.75, 3.05) is 12.9 Å². The summed E-state index contributed by atoms with van der Waals surface area (Å²) in [6.07, 6.45) is 4.46. The summed E-state index contributed by atoms with van der Waals surface area (Å²) in [5.41, 5.74) is 0.128. The van der Waals surface area contributed by atoms with Crippen molar-refractivity contribution >= 4 is 10.1 Å². The molecule has 0 aromatic heterocycles. The zero-order valence-corrected chi connectivity index (χ0v) is 7.78. The molecule has 1 rings (SSSR count). The first-order chi connectivity index (χ1) is 4.91. The summed E-state index contributed by atoms with van der Waals surface area (Å²) in [4.78, 5) is 0. The summed E-state index contributed by atoms with van der Waals surface area (Å²) < 4.78 is 25.9. The average Bonchev–Trinajstić information content (AvgIpc) is 1.77. The van der Waals surface area contributed by atoms with Gasteiger partial charge in [0.05, 0.1) is 12.9 Å². The maximum absolute atomic E-state index is 10.6. The Bertz CT molecular complexity index is 226. The molecule has 3 nitrogen and oxygen atoms in total. The summed E-state index contributed by atoms with van der Waals surface area (Å²) in [6, 6.07) is 0. The third kappa shape index (κ3) is 2.79. The zero-order valence-electron chi connectivity index (χ0n) is 6.96. The lowest BCUT2D eigenvalue weighted by Crippen LogP contribution is -2.31. The van der Waals surface area contributed by atoms with Gasteiger partial charge in [-0.15, -0.1) is 0 Å². The smallest absolute Gasteiger partial charge is 0.264 e. The van der Waals surface area contributed by atoms with Crippen molar-refractivity contribution in [3.05, 3.63) is 0 Å². The van der Waals surface area contributed by atoms with Crippen molar-refractivity contribution in [3.8, 4) is 0 Å². The molecule has 0 saturated heterocycles. The molecule has 1 saturated carbocycles. The van der Waals surface area contributed by atoms with Crippen LogP contribution in [0.25, 0.3) is 0 Å². The summed E-state index contributed by atoms with van der Waals surface area (Å²) in [6.45, 7) is 2.41. The molecule has 0 aliphatic heterocycles. The van der Waals surface area contributed by atoms with E-state index < -0.39 is 10.1 Å². The molecule has 0 aromatic carbocycles. The number of hydrogen-bond donors (Lipinski definition) is 0. The monoisotopic (exact) mass is 178 g/mol. The average molecular weight is 178 g/mol.